The van der Waals surface area contributed by atoms with E-state index in [1.54, 1.807) is 4.90 Å². The molecule has 124 valence electrons. The first kappa shape index (κ1) is 15.6. The molecule has 0 spiro atoms. The Hall–Kier alpha value is -2.24. The summed E-state index contributed by atoms with van der Waals surface area (Å²) in [5.74, 6) is 0.967. The number of ether oxygens (including phenoxy) is 1. The van der Waals surface area contributed by atoms with Gasteiger partial charge in [0.05, 0.1) is 6.54 Å². The summed E-state index contributed by atoms with van der Waals surface area (Å²) in [5, 5.41) is 2.96. The number of benzene rings is 1. The van der Waals surface area contributed by atoms with Crippen LogP contribution < -0.4 is 15.8 Å². The molecule has 1 saturated heterocycles. The highest BCUT2D eigenvalue weighted by Crippen LogP contribution is 2.27. The molecule has 2 aliphatic rings. The molecule has 2 heterocycles. The molecule has 2 aliphatic heterocycles. The van der Waals surface area contributed by atoms with Gasteiger partial charge in [0.25, 0.3) is 0 Å². The summed E-state index contributed by atoms with van der Waals surface area (Å²) in [7, 11) is 0. The van der Waals surface area contributed by atoms with E-state index in [1.807, 2.05) is 18.2 Å². The number of rotatable bonds is 4. The quantitative estimate of drug-likeness (QED) is 0.877. The van der Waals surface area contributed by atoms with E-state index in [2.05, 4.69) is 11.4 Å². The van der Waals surface area contributed by atoms with Crippen molar-refractivity contribution >= 4 is 11.9 Å². The maximum absolute atomic E-state index is 12.2. The monoisotopic (exact) mass is 317 g/mol. The van der Waals surface area contributed by atoms with Gasteiger partial charge in [-0.1, -0.05) is 18.2 Å². The van der Waals surface area contributed by atoms with Crippen LogP contribution in [0.5, 0.6) is 5.75 Å². The first-order valence-corrected chi connectivity index (χ1v) is 8.17. The number of likely N-dealkylation sites (tertiary alicyclic amines) is 1. The smallest absolute Gasteiger partial charge is 0.317 e. The van der Waals surface area contributed by atoms with Crippen LogP contribution in [0.4, 0.5) is 4.79 Å². The molecule has 6 heteroatoms. The van der Waals surface area contributed by atoms with Crippen LogP contribution in [0.2, 0.25) is 0 Å². The van der Waals surface area contributed by atoms with E-state index in [0.29, 0.717) is 32.0 Å². The molecule has 3 amide bonds. The van der Waals surface area contributed by atoms with Crippen molar-refractivity contribution in [2.24, 2.45) is 11.7 Å². The molecule has 0 aromatic heterocycles. The Labute approximate surface area is 136 Å². The lowest BCUT2D eigenvalue weighted by Crippen LogP contribution is -2.47. The zero-order valence-electron chi connectivity index (χ0n) is 13.2. The number of carbonyl (C=O) groups is 2. The lowest BCUT2D eigenvalue weighted by Gasteiger charge is -2.31. The van der Waals surface area contributed by atoms with Gasteiger partial charge in [-0.25, -0.2) is 4.79 Å². The number of urea groups is 1. The molecule has 0 aliphatic carbocycles. The fourth-order valence-electron chi connectivity index (χ4n) is 3.31. The van der Waals surface area contributed by atoms with Gasteiger partial charge in [-0.15, -0.1) is 0 Å². The van der Waals surface area contributed by atoms with Gasteiger partial charge in [-0.3, -0.25) is 4.79 Å². The molecule has 6 nitrogen and oxygen atoms in total. The zero-order valence-corrected chi connectivity index (χ0v) is 13.2. The van der Waals surface area contributed by atoms with E-state index in [9.17, 15) is 9.59 Å². The molecular weight excluding hydrogens is 294 g/mol. The summed E-state index contributed by atoms with van der Waals surface area (Å²) in [6.07, 6.45) is 2.92. The van der Waals surface area contributed by atoms with Crippen LogP contribution in [0.15, 0.2) is 24.3 Å². The number of hydrogen-bond donors (Lipinski definition) is 2. The number of nitrogens with zero attached hydrogens (tertiary/aromatic N) is 1. The Balaban J connectivity index is 1.40. The van der Waals surface area contributed by atoms with Crippen molar-refractivity contribution in [3.8, 4) is 5.75 Å². The normalized spacial score (nSPS) is 20.7. The van der Waals surface area contributed by atoms with Crippen LogP contribution >= 0.6 is 0 Å². The average Bonchev–Trinajstić information content (AvgIpc) is 2.95. The Kier molecular flexibility index (Phi) is 4.69. The maximum Gasteiger partial charge on any atom is 0.317 e. The third-order valence-corrected chi connectivity index (χ3v) is 4.59. The van der Waals surface area contributed by atoms with Crippen LogP contribution in [0.3, 0.4) is 0 Å². The van der Waals surface area contributed by atoms with E-state index in [-0.39, 0.29) is 18.0 Å². The molecule has 1 aromatic carbocycles. The first-order valence-electron chi connectivity index (χ1n) is 8.17. The summed E-state index contributed by atoms with van der Waals surface area (Å²) < 4.78 is 5.82. The summed E-state index contributed by atoms with van der Waals surface area (Å²) in [5.41, 5.74) is 6.42. The fourth-order valence-corrected chi connectivity index (χ4v) is 3.31. The Morgan fingerprint density at radius 3 is 2.70 bits per heavy atom. The van der Waals surface area contributed by atoms with Crippen molar-refractivity contribution in [1.82, 2.24) is 10.2 Å². The van der Waals surface area contributed by atoms with E-state index >= 15 is 0 Å². The van der Waals surface area contributed by atoms with Gasteiger partial charge in [0.2, 0.25) is 5.91 Å². The van der Waals surface area contributed by atoms with E-state index in [1.165, 1.54) is 5.56 Å². The summed E-state index contributed by atoms with van der Waals surface area (Å²) in [4.78, 5) is 25.0. The highest BCUT2D eigenvalue weighted by molar-refractivity contribution is 5.75. The highest BCUT2D eigenvalue weighted by Gasteiger charge is 2.26. The molecule has 1 fully saturated rings. The second-order valence-corrected chi connectivity index (χ2v) is 6.34. The summed E-state index contributed by atoms with van der Waals surface area (Å²) in [6, 6.07) is 7.92. The van der Waals surface area contributed by atoms with Gasteiger partial charge in [0, 0.05) is 25.9 Å². The SMILES string of the molecule is NC(=O)CC1CCN(C(=O)NCC2Cc3ccccc3O2)CC1. The Bertz CT molecular complexity index is 557. The van der Waals surface area contributed by atoms with E-state index in [0.717, 1.165) is 25.0 Å². The minimum absolute atomic E-state index is 0.00347. The second-order valence-electron chi connectivity index (χ2n) is 6.34. The van der Waals surface area contributed by atoms with Crippen LogP contribution in [-0.4, -0.2) is 42.6 Å². The Morgan fingerprint density at radius 1 is 1.26 bits per heavy atom. The standard InChI is InChI=1S/C17H23N3O3/c18-16(21)9-12-5-7-20(8-6-12)17(22)19-11-14-10-13-3-1-2-4-15(13)23-14/h1-4,12,14H,5-11H2,(H2,18,21)(H,19,22). The van der Waals surface area contributed by atoms with Gasteiger partial charge in [-0.05, 0) is 30.4 Å². The van der Waals surface area contributed by atoms with E-state index in [4.69, 9.17) is 10.5 Å². The van der Waals surface area contributed by atoms with Gasteiger partial charge in [-0.2, -0.15) is 0 Å². The van der Waals surface area contributed by atoms with Gasteiger partial charge in [0.15, 0.2) is 0 Å². The van der Waals surface area contributed by atoms with Crippen LogP contribution in [-0.2, 0) is 11.2 Å². The molecular formula is C17H23N3O3. The molecule has 3 rings (SSSR count). The average molecular weight is 317 g/mol. The molecule has 0 radical (unpaired) electrons. The van der Waals surface area contributed by atoms with Crippen molar-refractivity contribution in [3.63, 3.8) is 0 Å². The third kappa shape index (κ3) is 3.94. The number of fused-ring (bicyclic) bond motifs is 1. The molecule has 1 atom stereocenters. The van der Waals surface area contributed by atoms with Crippen LogP contribution in [0.25, 0.3) is 0 Å². The first-order chi connectivity index (χ1) is 11.1. The number of piperidine rings is 1. The summed E-state index contributed by atoms with van der Waals surface area (Å²) >= 11 is 0. The van der Waals surface area contributed by atoms with Crippen molar-refractivity contribution in [1.29, 1.82) is 0 Å². The van der Waals surface area contributed by atoms with Crippen molar-refractivity contribution in [2.75, 3.05) is 19.6 Å². The number of para-hydroxylation sites is 1. The van der Waals surface area contributed by atoms with Crippen molar-refractivity contribution < 1.29 is 14.3 Å². The molecule has 1 aromatic rings. The molecule has 0 saturated carbocycles. The predicted octanol–water partition coefficient (Wildman–Crippen LogP) is 1.29. The number of primary amides is 1. The van der Waals surface area contributed by atoms with Gasteiger partial charge < -0.3 is 20.7 Å². The van der Waals surface area contributed by atoms with Crippen LogP contribution in [0, 0.1) is 5.92 Å². The predicted molar refractivity (Wildman–Crippen MR) is 86.1 cm³/mol. The minimum Gasteiger partial charge on any atom is -0.488 e. The molecule has 0 bridgehead atoms. The van der Waals surface area contributed by atoms with Gasteiger partial charge in [0.1, 0.15) is 11.9 Å². The minimum atomic E-state index is -0.258. The molecule has 3 N–H and O–H groups in total. The lowest BCUT2D eigenvalue weighted by atomic mass is 9.93. The molecule has 23 heavy (non-hydrogen) atoms. The van der Waals surface area contributed by atoms with Gasteiger partial charge >= 0.3 is 6.03 Å². The molecule has 1 unspecified atom stereocenters. The van der Waals surface area contributed by atoms with E-state index < -0.39 is 0 Å². The largest absolute Gasteiger partial charge is 0.488 e. The number of hydrogen-bond acceptors (Lipinski definition) is 3. The van der Waals surface area contributed by atoms with Crippen molar-refractivity contribution in [2.45, 2.75) is 31.8 Å². The third-order valence-electron chi connectivity index (χ3n) is 4.59. The highest BCUT2D eigenvalue weighted by atomic mass is 16.5. The Morgan fingerprint density at radius 2 is 2.00 bits per heavy atom. The number of amides is 3. The lowest BCUT2D eigenvalue weighted by molar-refractivity contribution is -0.119. The maximum atomic E-state index is 12.2. The number of carbonyl (C=O) groups excluding carboxylic acids is 2. The topological polar surface area (TPSA) is 84.7 Å². The summed E-state index contributed by atoms with van der Waals surface area (Å²) in [6.45, 7) is 1.86. The fraction of sp³-hybridized carbons (Fsp3) is 0.529. The number of nitrogens with two attached hydrogens (primary N) is 1. The second kappa shape index (κ2) is 6.89. The number of nitrogens with one attached hydrogen (secondary N) is 1. The van der Waals surface area contributed by atoms with Crippen molar-refractivity contribution in [3.05, 3.63) is 29.8 Å². The van der Waals surface area contributed by atoms with Crippen LogP contribution in [0.1, 0.15) is 24.8 Å². The zero-order chi connectivity index (χ0) is 16.2.